The van der Waals surface area contributed by atoms with Crippen LogP contribution >= 0.6 is 11.3 Å². The number of hydrogen-bond acceptors (Lipinski definition) is 10. The molecule has 11 heteroatoms. The molecule has 1 amide bonds. The van der Waals surface area contributed by atoms with Gasteiger partial charge in [-0.2, -0.15) is 9.59 Å². The van der Waals surface area contributed by atoms with E-state index in [9.17, 15) is 14.4 Å². The predicted octanol–water partition coefficient (Wildman–Crippen LogP) is 7.97. The summed E-state index contributed by atoms with van der Waals surface area (Å²) in [6, 6.07) is 21.1. The van der Waals surface area contributed by atoms with Crippen LogP contribution in [0, 0.1) is 0 Å². The highest BCUT2D eigenvalue weighted by molar-refractivity contribution is 7.21. The van der Waals surface area contributed by atoms with Gasteiger partial charge in [0.15, 0.2) is 0 Å². The van der Waals surface area contributed by atoms with Gasteiger partial charge in [-0.25, -0.2) is 9.78 Å². The van der Waals surface area contributed by atoms with Gasteiger partial charge in [0.05, 0.1) is 10.2 Å². The summed E-state index contributed by atoms with van der Waals surface area (Å²) >= 11 is 1.42. The Bertz CT molecular complexity index is 2020. The third-order valence-corrected chi connectivity index (χ3v) is 9.02. The van der Waals surface area contributed by atoms with Crippen molar-refractivity contribution in [3.8, 4) is 21.7 Å². The summed E-state index contributed by atoms with van der Waals surface area (Å²) in [6.45, 7) is 14.3. The molecular weight excluding hydrogens is 655 g/mol. The first-order valence-corrected chi connectivity index (χ1v) is 17.6. The molecule has 0 aliphatic rings. The van der Waals surface area contributed by atoms with E-state index in [0.717, 1.165) is 40.8 Å². The Balaban J connectivity index is 0.00000181. The summed E-state index contributed by atoms with van der Waals surface area (Å²) in [5, 5.41) is 1.26. The van der Waals surface area contributed by atoms with Crippen molar-refractivity contribution in [1.29, 1.82) is 0 Å². The van der Waals surface area contributed by atoms with Crippen LogP contribution in [0.3, 0.4) is 0 Å². The summed E-state index contributed by atoms with van der Waals surface area (Å²) in [4.78, 5) is 65.8. The van der Waals surface area contributed by atoms with Gasteiger partial charge in [0, 0.05) is 60.9 Å². The average molecular weight is 698 g/mol. The van der Waals surface area contributed by atoms with E-state index in [4.69, 9.17) is 23.7 Å². The molecule has 0 saturated carbocycles. The van der Waals surface area contributed by atoms with E-state index < -0.39 is 11.2 Å². The van der Waals surface area contributed by atoms with E-state index in [1.54, 1.807) is 11.0 Å². The molecule has 0 aliphatic heterocycles. The lowest BCUT2D eigenvalue weighted by molar-refractivity contribution is -0.191. The Labute approximate surface area is 295 Å². The third kappa shape index (κ3) is 8.91. The van der Waals surface area contributed by atoms with Gasteiger partial charge in [-0.15, -0.1) is 11.3 Å². The van der Waals surface area contributed by atoms with Crippen LogP contribution in [0.4, 0.5) is 5.69 Å². The van der Waals surface area contributed by atoms with Crippen molar-refractivity contribution < 1.29 is 28.3 Å². The molecule has 5 aromatic rings. The largest absolute Gasteiger partial charge is 0.460 e. The first kappa shape index (κ1) is 37.7. The molecule has 2 heterocycles. The number of amides is 1. The fraction of sp³-hybridized carbons (Fsp3) is 0.359. The zero-order valence-electron chi connectivity index (χ0n) is 29.4. The van der Waals surface area contributed by atoms with Gasteiger partial charge >= 0.3 is 17.7 Å². The van der Waals surface area contributed by atoms with E-state index in [1.165, 1.54) is 11.3 Å². The highest BCUT2D eigenvalue weighted by Gasteiger charge is 2.27. The second-order valence-corrected chi connectivity index (χ2v) is 13.6. The molecule has 2 aromatic heterocycles. The monoisotopic (exact) mass is 697 g/mol. The van der Waals surface area contributed by atoms with Gasteiger partial charge in [0.1, 0.15) is 21.8 Å². The summed E-state index contributed by atoms with van der Waals surface area (Å²) in [5.74, 6) is -0.447. The molecule has 0 aliphatic carbocycles. The van der Waals surface area contributed by atoms with Gasteiger partial charge in [0.2, 0.25) is 0 Å². The first-order chi connectivity index (χ1) is 24.0. The Morgan fingerprint density at radius 2 is 1.60 bits per heavy atom. The van der Waals surface area contributed by atoms with E-state index in [0.29, 0.717) is 52.4 Å². The molecule has 0 N–H and O–H groups in total. The molecule has 10 nitrogen and oxygen atoms in total. The molecule has 0 radical (unpaired) electrons. The molecule has 50 heavy (non-hydrogen) atoms. The standard InChI is InChI=1S/C38H43N3O5S.CO2/c1-7-22-41(23-14-19-32(42)46-38(4,5)6)36(43)27-16-11-10-15-26(27)33-28-21-20-25(40(8-2)9-3)24-30(28)45-37(44)34(33)35-39-29-17-12-13-18-31(29)47-35;2-1-3/h10-13,15-18,20-21,24H,7-9,14,19,22-23H2,1-6H3;. The van der Waals surface area contributed by atoms with Crippen LogP contribution in [0.2, 0.25) is 0 Å². The van der Waals surface area contributed by atoms with E-state index in [-0.39, 0.29) is 24.4 Å². The Kier molecular flexibility index (Phi) is 12.8. The van der Waals surface area contributed by atoms with Crippen molar-refractivity contribution in [3.05, 3.63) is 82.7 Å². The smallest absolute Gasteiger partial charge is 0.373 e. The third-order valence-electron chi connectivity index (χ3n) is 7.96. The molecule has 0 fully saturated rings. The molecule has 5 rings (SSSR count). The highest BCUT2D eigenvalue weighted by Crippen LogP contribution is 2.41. The topological polar surface area (TPSA) is 127 Å². The maximum atomic E-state index is 14.4. The number of carbonyl (C=O) groups is 2. The van der Waals surface area contributed by atoms with Crippen molar-refractivity contribution in [2.45, 2.75) is 66.4 Å². The highest BCUT2D eigenvalue weighted by atomic mass is 32.1. The maximum Gasteiger partial charge on any atom is 0.373 e. The van der Waals surface area contributed by atoms with Crippen molar-refractivity contribution in [3.63, 3.8) is 0 Å². The second kappa shape index (κ2) is 17.0. The van der Waals surface area contributed by atoms with Gasteiger partial charge in [-0.3, -0.25) is 9.59 Å². The molecule has 0 saturated heterocycles. The summed E-state index contributed by atoms with van der Waals surface area (Å²) < 4.78 is 12.5. The lowest BCUT2D eigenvalue weighted by Gasteiger charge is -2.25. The molecule has 262 valence electrons. The van der Waals surface area contributed by atoms with E-state index >= 15 is 0 Å². The minimum Gasteiger partial charge on any atom is -0.460 e. The number of para-hydroxylation sites is 1. The lowest BCUT2D eigenvalue weighted by Crippen LogP contribution is -2.33. The average Bonchev–Trinajstić information content (AvgIpc) is 3.51. The van der Waals surface area contributed by atoms with Crippen LogP contribution in [0.5, 0.6) is 0 Å². The number of nitrogens with zero attached hydrogens (tertiary/aromatic N) is 3. The van der Waals surface area contributed by atoms with Crippen LogP contribution in [-0.4, -0.2) is 59.7 Å². The van der Waals surface area contributed by atoms with Gasteiger partial charge in [-0.1, -0.05) is 37.3 Å². The number of fused-ring (bicyclic) bond motifs is 2. The summed E-state index contributed by atoms with van der Waals surface area (Å²) in [6.07, 6.45) is 1.70. The number of hydrogen-bond donors (Lipinski definition) is 0. The number of benzene rings is 3. The predicted molar refractivity (Wildman–Crippen MR) is 196 cm³/mol. The maximum absolute atomic E-state index is 14.4. The SMILES string of the molecule is CCCN(CCCC(=O)OC(C)(C)C)C(=O)c1ccccc1-c1c(-c2nc3ccccc3s2)c(=O)oc2cc(N(CC)CC)ccc12.O=C=O. The molecule has 0 bridgehead atoms. The zero-order chi connectivity index (χ0) is 36.4. The fourth-order valence-electron chi connectivity index (χ4n) is 5.88. The Hall–Kier alpha value is -5.12. The Morgan fingerprint density at radius 1 is 0.920 bits per heavy atom. The van der Waals surface area contributed by atoms with E-state index in [2.05, 4.69) is 18.7 Å². The molecule has 0 atom stereocenters. The van der Waals surface area contributed by atoms with Crippen molar-refractivity contribution in [1.82, 2.24) is 9.88 Å². The van der Waals surface area contributed by atoms with Crippen molar-refractivity contribution >= 4 is 56.2 Å². The molecule has 3 aromatic carbocycles. The number of aromatic nitrogens is 1. The zero-order valence-corrected chi connectivity index (χ0v) is 30.2. The molecule has 0 spiro atoms. The number of esters is 1. The lowest BCUT2D eigenvalue weighted by atomic mass is 9.92. The first-order valence-electron chi connectivity index (χ1n) is 16.8. The quantitative estimate of drug-likeness (QED) is 0.0942. The Morgan fingerprint density at radius 3 is 2.26 bits per heavy atom. The van der Waals surface area contributed by atoms with Gasteiger partial charge in [-0.05, 0) is 83.4 Å². The van der Waals surface area contributed by atoms with Crippen LogP contribution in [0.15, 0.2) is 75.9 Å². The summed E-state index contributed by atoms with van der Waals surface area (Å²) in [5.41, 5.74) is 3.18. The minimum absolute atomic E-state index is 0.164. The van der Waals surface area contributed by atoms with Crippen LogP contribution in [0.1, 0.15) is 71.2 Å². The summed E-state index contributed by atoms with van der Waals surface area (Å²) in [7, 11) is 0. The number of ether oxygens (including phenoxy) is 1. The second-order valence-electron chi connectivity index (χ2n) is 12.6. The fourth-order valence-corrected chi connectivity index (χ4v) is 6.88. The normalized spacial score (nSPS) is 11.1. The van der Waals surface area contributed by atoms with Gasteiger partial charge < -0.3 is 19.0 Å². The van der Waals surface area contributed by atoms with Crippen LogP contribution in [-0.2, 0) is 19.1 Å². The number of carbonyl (C=O) groups excluding carboxylic acids is 4. The number of anilines is 1. The number of rotatable bonds is 12. The van der Waals surface area contributed by atoms with Crippen molar-refractivity contribution in [2.24, 2.45) is 0 Å². The van der Waals surface area contributed by atoms with E-state index in [1.807, 2.05) is 88.4 Å². The molecular formula is C39H43N3O7S. The molecule has 0 unspecified atom stereocenters. The van der Waals surface area contributed by atoms with Crippen molar-refractivity contribution in [2.75, 3.05) is 31.1 Å². The van der Waals surface area contributed by atoms with Gasteiger partial charge in [0.25, 0.3) is 5.91 Å². The number of thiazole rings is 1. The van der Waals surface area contributed by atoms with Crippen LogP contribution < -0.4 is 10.5 Å². The van der Waals surface area contributed by atoms with Crippen LogP contribution in [0.25, 0.3) is 42.9 Å². The minimum atomic E-state index is -0.562.